The Bertz CT molecular complexity index is 557. The summed E-state index contributed by atoms with van der Waals surface area (Å²) in [5, 5.41) is 9.37. The maximum atomic E-state index is 8.69. The van der Waals surface area contributed by atoms with Crippen molar-refractivity contribution in [2.75, 3.05) is 5.73 Å². The number of anilines is 1. The first-order valence-corrected chi connectivity index (χ1v) is 5.40. The summed E-state index contributed by atoms with van der Waals surface area (Å²) in [5.41, 5.74) is 6.77. The topological polar surface area (TPSA) is 75.8 Å². The summed E-state index contributed by atoms with van der Waals surface area (Å²) in [6.07, 6.45) is 3.13. The molecule has 2 rings (SSSR count). The highest BCUT2D eigenvalue weighted by atomic mass is 32.2. The van der Waals surface area contributed by atoms with Gasteiger partial charge >= 0.3 is 0 Å². The average molecular weight is 231 g/mol. The van der Waals surface area contributed by atoms with Crippen molar-refractivity contribution in [3.05, 3.63) is 35.9 Å². The van der Waals surface area contributed by atoms with Crippen molar-refractivity contribution >= 4 is 17.4 Å². The molecule has 4 nitrogen and oxygen atoms in total. The van der Waals surface area contributed by atoms with Gasteiger partial charge in [0.1, 0.15) is 16.9 Å². The number of hydrogen-bond acceptors (Lipinski definition) is 5. The van der Waals surface area contributed by atoms with E-state index in [1.165, 1.54) is 18.0 Å². The van der Waals surface area contributed by atoms with Crippen molar-refractivity contribution in [2.24, 2.45) is 0 Å². The van der Waals surface area contributed by atoms with Gasteiger partial charge in [0, 0.05) is 6.20 Å². The zero-order chi connectivity index (χ0) is 11.5. The van der Waals surface area contributed by atoms with Gasteiger partial charge in [0.25, 0.3) is 0 Å². The summed E-state index contributed by atoms with van der Waals surface area (Å²) < 4.78 is 5.18. The third kappa shape index (κ3) is 2.02. The number of pyridine rings is 1. The first-order valence-electron chi connectivity index (χ1n) is 4.58. The zero-order valence-electron chi connectivity index (χ0n) is 8.60. The van der Waals surface area contributed by atoms with Crippen LogP contribution >= 0.6 is 11.8 Å². The second-order valence-corrected chi connectivity index (χ2v) is 4.20. The quantitative estimate of drug-likeness (QED) is 0.859. The highest BCUT2D eigenvalue weighted by molar-refractivity contribution is 7.99. The highest BCUT2D eigenvalue weighted by Gasteiger charge is 2.08. The number of furan rings is 1. The number of aromatic nitrogens is 1. The molecule has 2 N–H and O–H groups in total. The number of hydrogen-bond donors (Lipinski definition) is 1. The molecule has 0 fully saturated rings. The average Bonchev–Trinajstić information content (AvgIpc) is 2.67. The lowest BCUT2D eigenvalue weighted by atomic mass is 10.3. The standard InChI is InChI=1S/C11H9N3OS/c1-7-10(2-3-15-7)16-11-9(13)4-8(5-12)6-14-11/h2-4,6H,13H2,1H3. The van der Waals surface area contributed by atoms with E-state index < -0.39 is 0 Å². The van der Waals surface area contributed by atoms with Crippen LogP contribution in [-0.4, -0.2) is 4.98 Å². The van der Waals surface area contributed by atoms with E-state index in [-0.39, 0.29) is 0 Å². The molecular weight excluding hydrogens is 222 g/mol. The van der Waals surface area contributed by atoms with E-state index >= 15 is 0 Å². The Labute approximate surface area is 97.1 Å². The number of nitrogen functional groups attached to an aromatic ring is 1. The van der Waals surface area contributed by atoms with Gasteiger partial charge in [-0.2, -0.15) is 5.26 Å². The molecule has 0 amide bonds. The van der Waals surface area contributed by atoms with Crippen LogP contribution in [0.25, 0.3) is 0 Å². The van der Waals surface area contributed by atoms with Gasteiger partial charge in [0.2, 0.25) is 0 Å². The molecule has 2 heterocycles. The van der Waals surface area contributed by atoms with Crippen molar-refractivity contribution in [3.8, 4) is 6.07 Å². The van der Waals surface area contributed by atoms with Crippen LogP contribution in [0.5, 0.6) is 0 Å². The fraction of sp³-hybridized carbons (Fsp3) is 0.0909. The first-order chi connectivity index (χ1) is 7.70. The molecule has 0 aliphatic rings. The minimum absolute atomic E-state index is 0.464. The van der Waals surface area contributed by atoms with E-state index in [4.69, 9.17) is 15.4 Å². The molecule has 2 aromatic heterocycles. The summed E-state index contributed by atoms with van der Waals surface area (Å²) in [7, 11) is 0. The molecule has 0 atom stereocenters. The molecule has 80 valence electrons. The van der Waals surface area contributed by atoms with Gasteiger partial charge in [0.05, 0.1) is 22.4 Å². The lowest BCUT2D eigenvalue weighted by molar-refractivity contribution is 0.527. The van der Waals surface area contributed by atoms with E-state index in [1.54, 1.807) is 12.3 Å². The van der Waals surface area contributed by atoms with Gasteiger partial charge in [-0.05, 0) is 19.1 Å². The minimum atomic E-state index is 0.464. The van der Waals surface area contributed by atoms with E-state index in [9.17, 15) is 0 Å². The largest absolute Gasteiger partial charge is 0.468 e. The van der Waals surface area contributed by atoms with Crippen LogP contribution in [0.4, 0.5) is 5.69 Å². The Kier molecular flexibility index (Phi) is 2.84. The second kappa shape index (κ2) is 4.29. The molecule has 5 heteroatoms. The predicted octanol–water partition coefficient (Wildman–Crippen LogP) is 2.59. The van der Waals surface area contributed by atoms with Crippen molar-refractivity contribution < 1.29 is 4.42 Å². The summed E-state index contributed by atoms with van der Waals surface area (Å²) in [5.74, 6) is 0.829. The van der Waals surface area contributed by atoms with Crippen LogP contribution in [0.2, 0.25) is 0 Å². The Balaban J connectivity index is 2.30. The van der Waals surface area contributed by atoms with Crippen LogP contribution in [0.3, 0.4) is 0 Å². The maximum absolute atomic E-state index is 8.69. The number of aryl methyl sites for hydroxylation is 1. The Morgan fingerprint density at radius 1 is 1.56 bits per heavy atom. The van der Waals surface area contributed by atoms with Gasteiger partial charge < -0.3 is 10.2 Å². The van der Waals surface area contributed by atoms with Crippen molar-refractivity contribution in [1.82, 2.24) is 4.98 Å². The fourth-order valence-corrected chi connectivity index (χ4v) is 2.00. The molecular formula is C11H9N3OS. The number of rotatable bonds is 2. The Morgan fingerprint density at radius 3 is 2.94 bits per heavy atom. The molecule has 16 heavy (non-hydrogen) atoms. The molecule has 0 radical (unpaired) electrons. The molecule has 0 saturated carbocycles. The highest BCUT2D eigenvalue weighted by Crippen LogP contribution is 2.32. The molecule has 0 saturated heterocycles. The van der Waals surface area contributed by atoms with Crippen LogP contribution in [0.15, 0.2) is 38.9 Å². The maximum Gasteiger partial charge on any atom is 0.124 e. The van der Waals surface area contributed by atoms with Crippen molar-refractivity contribution in [2.45, 2.75) is 16.8 Å². The SMILES string of the molecule is Cc1occc1Sc1ncc(C#N)cc1N. The second-order valence-electron chi connectivity index (χ2n) is 3.17. The summed E-state index contributed by atoms with van der Waals surface area (Å²) in [6, 6.07) is 5.47. The number of nitriles is 1. The summed E-state index contributed by atoms with van der Waals surface area (Å²) >= 11 is 1.43. The fourth-order valence-electron chi connectivity index (χ4n) is 1.20. The number of nitrogens with two attached hydrogens (primary N) is 1. The normalized spacial score (nSPS) is 10.0. The van der Waals surface area contributed by atoms with Crippen molar-refractivity contribution in [1.29, 1.82) is 5.26 Å². The van der Waals surface area contributed by atoms with Gasteiger partial charge in [-0.1, -0.05) is 11.8 Å². The van der Waals surface area contributed by atoms with Crippen LogP contribution in [0.1, 0.15) is 11.3 Å². The third-order valence-corrected chi connectivity index (χ3v) is 3.20. The third-order valence-electron chi connectivity index (χ3n) is 2.03. The molecule has 0 unspecified atom stereocenters. The number of nitrogens with zero attached hydrogens (tertiary/aromatic N) is 2. The molecule has 0 aromatic carbocycles. The van der Waals surface area contributed by atoms with E-state index in [0.29, 0.717) is 16.3 Å². The Hall–Kier alpha value is -1.93. The zero-order valence-corrected chi connectivity index (χ0v) is 9.41. The van der Waals surface area contributed by atoms with E-state index in [2.05, 4.69) is 4.98 Å². The minimum Gasteiger partial charge on any atom is -0.468 e. The lowest BCUT2D eigenvalue weighted by Crippen LogP contribution is -1.93. The van der Waals surface area contributed by atoms with Crippen molar-refractivity contribution in [3.63, 3.8) is 0 Å². The first kappa shape index (κ1) is 10.6. The van der Waals surface area contributed by atoms with Crippen LogP contribution < -0.4 is 5.73 Å². The summed E-state index contributed by atoms with van der Waals surface area (Å²) in [6.45, 7) is 1.88. The predicted molar refractivity (Wildman–Crippen MR) is 60.9 cm³/mol. The molecule has 2 aromatic rings. The lowest BCUT2D eigenvalue weighted by Gasteiger charge is -2.03. The van der Waals surface area contributed by atoms with Crippen LogP contribution in [0, 0.1) is 18.3 Å². The Morgan fingerprint density at radius 2 is 2.38 bits per heavy atom. The molecule has 0 bridgehead atoms. The van der Waals surface area contributed by atoms with Crippen LogP contribution in [-0.2, 0) is 0 Å². The van der Waals surface area contributed by atoms with Gasteiger partial charge in [-0.25, -0.2) is 4.98 Å². The molecule has 0 spiro atoms. The smallest absolute Gasteiger partial charge is 0.124 e. The van der Waals surface area contributed by atoms with E-state index in [0.717, 1.165) is 10.7 Å². The van der Waals surface area contributed by atoms with E-state index in [1.807, 2.05) is 19.1 Å². The van der Waals surface area contributed by atoms with Gasteiger partial charge in [-0.3, -0.25) is 0 Å². The van der Waals surface area contributed by atoms with Gasteiger partial charge in [-0.15, -0.1) is 0 Å². The molecule has 0 aliphatic carbocycles. The monoisotopic (exact) mass is 231 g/mol. The summed E-state index contributed by atoms with van der Waals surface area (Å²) in [4.78, 5) is 5.11. The molecule has 0 aliphatic heterocycles. The van der Waals surface area contributed by atoms with Gasteiger partial charge in [0.15, 0.2) is 0 Å².